The Bertz CT molecular complexity index is 805. The van der Waals surface area contributed by atoms with Gasteiger partial charge in [0, 0.05) is 31.6 Å². The molecule has 1 atom stereocenters. The average Bonchev–Trinajstić information content (AvgIpc) is 3.51. The molecule has 136 valence electrons. The molecule has 4 rings (SSSR count). The highest BCUT2D eigenvalue weighted by molar-refractivity contribution is 5.96. The summed E-state index contributed by atoms with van der Waals surface area (Å²) < 4.78 is 0. The molecule has 1 aromatic carbocycles. The van der Waals surface area contributed by atoms with Crippen LogP contribution in [0.25, 0.3) is 0 Å². The zero-order valence-corrected chi connectivity index (χ0v) is 15.0. The summed E-state index contributed by atoms with van der Waals surface area (Å²) in [5.74, 6) is 1.91. The van der Waals surface area contributed by atoms with Gasteiger partial charge in [-0.2, -0.15) is 0 Å². The van der Waals surface area contributed by atoms with E-state index in [0.29, 0.717) is 31.1 Å². The van der Waals surface area contributed by atoms with E-state index in [0.717, 1.165) is 42.0 Å². The van der Waals surface area contributed by atoms with Crippen LogP contribution in [0.4, 0.5) is 5.82 Å². The number of rotatable bonds is 6. The largest absolute Gasteiger partial charge is 0.388 e. The van der Waals surface area contributed by atoms with E-state index in [4.69, 9.17) is 4.98 Å². The number of hydrogen-bond donors (Lipinski definition) is 2. The molecule has 0 spiro atoms. The summed E-state index contributed by atoms with van der Waals surface area (Å²) in [5, 5.41) is 13.3. The second-order valence-electron chi connectivity index (χ2n) is 7.15. The van der Waals surface area contributed by atoms with Crippen molar-refractivity contribution in [3.8, 4) is 0 Å². The Hall–Kier alpha value is -2.47. The quantitative estimate of drug-likeness (QED) is 0.833. The van der Waals surface area contributed by atoms with Crippen molar-refractivity contribution in [2.75, 3.05) is 25.0 Å². The molecule has 1 amide bonds. The van der Waals surface area contributed by atoms with Crippen LogP contribution in [0.1, 0.15) is 58.7 Å². The molecular formula is C20H24N4O2. The van der Waals surface area contributed by atoms with Crippen molar-refractivity contribution in [2.45, 2.75) is 37.7 Å². The van der Waals surface area contributed by atoms with Gasteiger partial charge in [0.1, 0.15) is 17.3 Å². The molecule has 1 unspecified atom stereocenters. The van der Waals surface area contributed by atoms with Crippen LogP contribution < -0.4 is 10.2 Å². The molecule has 1 fully saturated rings. The molecule has 0 bridgehead atoms. The summed E-state index contributed by atoms with van der Waals surface area (Å²) in [7, 11) is 1.98. The molecule has 0 radical (unpaired) electrons. The molecule has 1 saturated carbocycles. The van der Waals surface area contributed by atoms with E-state index in [9.17, 15) is 9.90 Å². The van der Waals surface area contributed by atoms with E-state index in [2.05, 4.69) is 15.2 Å². The third kappa shape index (κ3) is 3.42. The van der Waals surface area contributed by atoms with E-state index in [1.165, 1.54) is 0 Å². The molecule has 0 saturated heterocycles. The van der Waals surface area contributed by atoms with E-state index in [1.54, 1.807) is 0 Å². The molecule has 2 N–H and O–H groups in total. The average molecular weight is 352 g/mol. The van der Waals surface area contributed by atoms with Crippen LogP contribution in [0.2, 0.25) is 0 Å². The Labute approximate surface area is 153 Å². The number of carbonyl (C=O) groups excluding carboxylic acids is 1. The van der Waals surface area contributed by atoms with Gasteiger partial charge >= 0.3 is 0 Å². The van der Waals surface area contributed by atoms with Crippen molar-refractivity contribution >= 4 is 11.7 Å². The highest BCUT2D eigenvalue weighted by atomic mass is 16.3. The lowest BCUT2D eigenvalue weighted by Gasteiger charge is -2.26. The molecule has 26 heavy (non-hydrogen) atoms. The SMILES string of the molecule is CN(CCC(O)c1ccccc1)c1nc(C2CC2)nc2c1CCNC2=O. The fourth-order valence-electron chi connectivity index (χ4n) is 3.40. The van der Waals surface area contributed by atoms with Crippen LogP contribution in [0.3, 0.4) is 0 Å². The molecular weight excluding hydrogens is 328 g/mol. The molecule has 1 aliphatic carbocycles. The van der Waals surface area contributed by atoms with Crippen LogP contribution in [-0.2, 0) is 6.42 Å². The van der Waals surface area contributed by atoms with Gasteiger partial charge in [-0.1, -0.05) is 30.3 Å². The molecule has 6 heteroatoms. The number of aliphatic hydroxyl groups is 1. The minimum absolute atomic E-state index is 0.102. The van der Waals surface area contributed by atoms with E-state index in [1.807, 2.05) is 37.4 Å². The van der Waals surface area contributed by atoms with Crippen LogP contribution >= 0.6 is 0 Å². The van der Waals surface area contributed by atoms with Gasteiger partial charge in [0.2, 0.25) is 0 Å². The maximum Gasteiger partial charge on any atom is 0.270 e. The van der Waals surface area contributed by atoms with Crippen LogP contribution in [0.5, 0.6) is 0 Å². The number of amides is 1. The summed E-state index contributed by atoms with van der Waals surface area (Å²) in [6.45, 7) is 1.27. The topological polar surface area (TPSA) is 78.3 Å². The standard InChI is InChI=1S/C20H24N4O2/c1-24(12-10-16(25)13-5-3-2-4-6-13)19-15-9-11-21-20(26)17(15)22-18(23-19)14-7-8-14/h2-6,14,16,25H,7-12H2,1H3,(H,21,26). The first-order valence-electron chi connectivity index (χ1n) is 9.26. The van der Waals surface area contributed by atoms with Crippen molar-refractivity contribution < 1.29 is 9.90 Å². The molecule has 1 aliphatic heterocycles. The Morgan fingerprint density at radius 3 is 2.77 bits per heavy atom. The van der Waals surface area contributed by atoms with Crippen LogP contribution in [-0.4, -0.2) is 41.1 Å². The summed E-state index contributed by atoms with van der Waals surface area (Å²) in [4.78, 5) is 23.6. The lowest BCUT2D eigenvalue weighted by molar-refractivity contribution is 0.0940. The van der Waals surface area contributed by atoms with Gasteiger partial charge in [0.05, 0.1) is 6.10 Å². The first kappa shape index (κ1) is 17.0. The lowest BCUT2D eigenvalue weighted by atomic mass is 10.0. The lowest BCUT2D eigenvalue weighted by Crippen LogP contribution is -2.35. The number of nitrogens with zero attached hydrogens (tertiary/aromatic N) is 3. The molecule has 2 aromatic rings. The van der Waals surface area contributed by atoms with Crippen molar-refractivity contribution in [1.29, 1.82) is 0 Å². The highest BCUT2D eigenvalue weighted by Gasteiger charge is 2.32. The number of benzene rings is 1. The number of hydrogen-bond acceptors (Lipinski definition) is 5. The Morgan fingerprint density at radius 2 is 2.04 bits per heavy atom. The number of aliphatic hydroxyl groups excluding tert-OH is 1. The van der Waals surface area contributed by atoms with Crippen molar-refractivity contribution in [3.63, 3.8) is 0 Å². The number of nitrogens with one attached hydrogen (secondary N) is 1. The first-order valence-corrected chi connectivity index (χ1v) is 9.26. The fraction of sp³-hybridized carbons (Fsp3) is 0.450. The van der Waals surface area contributed by atoms with Crippen molar-refractivity contribution in [3.05, 3.63) is 53.0 Å². The Morgan fingerprint density at radius 1 is 1.27 bits per heavy atom. The Kier molecular flexibility index (Phi) is 4.59. The number of carbonyl (C=O) groups is 1. The summed E-state index contributed by atoms with van der Waals surface area (Å²) in [6, 6.07) is 9.69. The van der Waals surface area contributed by atoms with E-state index >= 15 is 0 Å². The van der Waals surface area contributed by atoms with Gasteiger partial charge in [0.25, 0.3) is 5.91 Å². The normalized spacial score (nSPS) is 17.4. The smallest absolute Gasteiger partial charge is 0.270 e. The van der Waals surface area contributed by atoms with Crippen molar-refractivity contribution in [2.24, 2.45) is 0 Å². The van der Waals surface area contributed by atoms with E-state index in [-0.39, 0.29) is 5.91 Å². The summed E-state index contributed by atoms with van der Waals surface area (Å²) >= 11 is 0. The number of anilines is 1. The minimum Gasteiger partial charge on any atom is -0.388 e. The molecule has 2 heterocycles. The van der Waals surface area contributed by atoms with Gasteiger partial charge in [-0.05, 0) is 31.2 Å². The third-order valence-electron chi connectivity index (χ3n) is 5.10. The van der Waals surface area contributed by atoms with E-state index < -0.39 is 6.10 Å². The summed E-state index contributed by atoms with van der Waals surface area (Å²) in [6.07, 6.45) is 3.02. The van der Waals surface area contributed by atoms with Gasteiger partial charge in [-0.25, -0.2) is 9.97 Å². The molecule has 1 aromatic heterocycles. The van der Waals surface area contributed by atoms with Crippen LogP contribution in [0.15, 0.2) is 30.3 Å². The van der Waals surface area contributed by atoms with Crippen LogP contribution in [0, 0.1) is 0 Å². The van der Waals surface area contributed by atoms with Gasteiger partial charge in [0.15, 0.2) is 0 Å². The molecule has 6 nitrogen and oxygen atoms in total. The highest BCUT2D eigenvalue weighted by Crippen LogP contribution is 2.39. The second-order valence-corrected chi connectivity index (χ2v) is 7.15. The zero-order chi connectivity index (χ0) is 18.1. The summed E-state index contributed by atoms with van der Waals surface area (Å²) in [5.41, 5.74) is 2.37. The maximum atomic E-state index is 12.2. The van der Waals surface area contributed by atoms with Gasteiger partial charge < -0.3 is 15.3 Å². The van der Waals surface area contributed by atoms with Gasteiger partial charge in [-0.3, -0.25) is 4.79 Å². The Balaban J connectivity index is 1.55. The minimum atomic E-state index is -0.512. The van der Waals surface area contributed by atoms with Gasteiger partial charge in [-0.15, -0.1) is 0 Å². The fourth-order valence-corrected chi connectivity index (χ4v) is 3.40. The maximum absolute atomic E-state index is 12.2. The third-order valence-corrected chi connectivity index (χ3v) is 5.10. The number of fused-ring (bicyclic) bond motifs is 1. The van der Waals surface area contributed by atoms with Crippen molar-refractivity contribution in [1.82, 2.24) is 15.3 Å². The first-order chi connectivity index (χ1) is 12.6. The second kappa shape index (κ2) is 7.03. The predicted octanol–water partition coefficient (Wildman–Crippen LogP) is 2.20. The zero-order valence-electron chi connectivity index (χ0n) is 15.0. The molecule has 2 aliphatic rings. The monoisotopic (exact) mass is 352 g/mol. The number of aromatic nitrogens is 2. The predicted molar refractivity (Wildman–Crippen MR) is 99.3 cm³/mol.